The molecule has 0 fully saturated rings. The molecule has 30 heavy (non-hydrogen) atoms. The maximum Gasteiger partial charge on any atom is 0.205 e. The zero-order chi connectivity index (χ0) is 21.5. The number of Topliss-reactive ketones (excluding diaryl/α,β-unsaturated/α-hetero) is 1. The van der Waals surface area contributed by atoms with Crippen LogP contribution in [0.15, 0.2) is 68.1 Å². The third kappa shape index (κ3) is 3.88. The Morgan fingerprint density at radius 3 is 2.83 bits per heavy atom. The Bertz CT molecular complexity index is 1120. The highest BCUT2D eigenvalue weighted by Gasteiger charge is 2.44. The van der Waals surface area contributed by atoms with Crippen LogP contribution in [0.5, 0.6) is 5.75 Å². The highest BCUT2D eigenvalue weighted by Crippen LogP contribution is 2.48. The van der Waals surface area contributed by atoms with E-state index < -0.39 is 5.92 Å². The van der Waals surface area contributed by atoms with Gasteiger partial charge in [0.2, 0.25) is 5.88 Å². The predicted molar refractivity (Wildman–Crippen MR) is 113 cm³/mol. The lowest BCUT2D eigenvalue weighted by Crippen LogP contribution is -2.33. The van der Waals surface area contributed by atoms with Gasteiger partial charge in [0.05, 0.1) is 5.92 Å². The summed E-state index contributed by atoms with van der Waals surface area (Å²) in [5.41, 5.74) is 6.46. The molecule has 4 rings (SSSR count). The van der Waals surface area contributed by atoms with Gasteiger partial charge in [0.15, 0.2) is 5.78 Å². The number of furan rings is 1. The molecule has 1 unspecified atom stereocenters. The largest absolute Gasteiger partial charge is 0.486 e. The van der Waals surface area contributed by atoms with Crippen molar-refractivity contribution in [3.8, 4) is 11.8 Å². The number of ketones is 1. The number of allylic oxidation sites excluding steroid dienone is 3. The van der Waals surface area contributed by atoms with Crippen LogP contribution in [0, 0.1) is 16.7 Å². The van der Waals surface area contributed by atoms with Crippen LogP contribution in [0.25, 0.3) is 0 Å². The average molecular weight is 469 g/mol. The molecule has 0 radical (unpaired) electrons. The van der Waals surface area contributed by atoms with Gasteiger partial charge in [0.25, 0.3) is 0 Å². The second kappa shape index (κ2) is 7.69. The monoisotopic (exact) mass is 468 g/mol. The fraction of sp³-hybridized carbons (Fsp3) is 0.304. The van der Waals surface area contributed by atoms with E-state index in [1.165, 1.54) is 0 Å². The third-order valence-corrected chi connectivity index (χ3v) is 5.71. The van der Waals surface area contributed by atoms with Crippen molar-refractivity contribution in [2.75, 3.05) is 0 Å². The number of hydrogen-bond acceptors (Lipinski definition) is 6. The number of nitrogens with zero attached hydrogens (tertiary/aromatic N) is 1. The van der Waals surface area contributed by atoms with Crippen molar-refractivity contribution in [3.63, 3.8) is 0 Å². The van der Waals surface area contributed by atoms with Gasteiger partial charge in [0, 0.05) is 22.9 Å². The standard InChI is InChI=1S/C23H21BrN2O4/c1-23(2)9-17(27)21-19(10-23)30-22(26)16(11-25)20(21)18-7-6-15(29-18)12-28-14-5-3-4-13(24)8-14/h3-8,20H,9-10,12,26H2,1-2H3. The van der Waals surface area contributed by atoms with Gasteiger partial charge in [0.1, 0.15) is 41.3 Å². The zero-order valence-electron chi connectivity index (χ0n) is 16.7. The number of rotatable bonds is 4. The van der Waals surface area contributed by atoms with Crippen molar-refractivity contribution < 1.29 is 18.7 Å². The molecule has 1 aliphatic carbocycles. The van der Waals surface area contributed by atoms with Crippen molar-refractivity contribution in [1.29, 1.82) is 5.26 Å². The van der Waals surface area contributed by atoms with Gasteiger partial charge in [-0.2, -0.15) is 5.26 Å². The first-order chi connectivity index (χ1) is 14.3. The van der Waals surface area contributed by atoms with E-state index in [1.807, 2.05) is 38.1 Å². The molecule has 154 valence electrons. The molecule has 0 saturated heterocycles. The van der Waals surface area contributed by atoms with Crippen molar-refractivity contribution in [3.05, 3.63) is 75.2 Å². The fourth-order valence-corrected chi connectivity index (χ4v) is 4.29. The molecule has 1 atom stereocenters. The predicted octanol–water partition coefficient (Wildman–Crippen LogP) is 5.07. The van der Waals surface area contributed by atoms with E-state index in [9.17, 15) is 10.1 Å². The van der Waals surface area contributed by atoms with Crippen molar-refractivity contribution >= 4 is 21.7 Å². The van der Waals surface area contributed by atoms with Crippen LogP contribution in [-0.4, -0.2) is 5.78 Å². The Kier molecular flexibility index (Phi) is 5.20. The summed E-state index contributed by atoms with van der Waals surface area (Å²) in [6.07, 6.45) is 0.952. The van der Waals surface area contributed by atoms with Crippen LogP contribution in [0.1, 0.15) is 44.1 Å². The number of benzene rings is 1. The van der Waals surface area contributed by atoms with E-state index in [0.717, 1.165) is 4.47 Å². The lowest BCUT2D eigenvalue weighted by Gasteiger charge is -2.36. The molecule has 2 aromatic rings. The van der Waals surface area contributed by atoms with Crippen LogP contribution in [0.4, 0.5) is 0 Å². The number of nitrogens with two attached hydrogens (primary N) is 1. The third-order valence-electron chi connectivity index (χ3n) is 5.22. The quantitative estimate of drug-likeness (QED) is 0.671. The Morgan fingerprint density at radius 2 is 2.10 bits per heavy atom. The summed E-state index contributed by atoms with van der Waals surface area (Å²) in [6, 6.07) is 13.1. The van der Waals surface area contributed by atoms with Gasteiger partial charge < -0.3 is 19.6 Å². The summed E-state index contributed by atoms with van der Waals surface area (Å²) in [6.45, 7) is 4.24. The Hall–Kier alpha value is -2.98. The van der Waals surface area contributed by atoms with Crippen LogP contribution in [0.3, 0.4) is 0 Å². The molecule has 0 amide bonds. The number of halogens is 1. The van der Waals surface area contributed by atoms with Gasteiger partial charge in [-0.3, -0.25) is 4.79 Å². The molecule has 2 heterocycles. The molecule has 2 aliphatic rings. The van der Waals surface area contributed by atoms with Crippen LogP contribution >= 0.6 is 15.9 Å². The molecule has 6 nitrogen and oxygen atoms in total. The molecule has 0 saturated carbocycles. The average Bonchev–Trinajstić information content (AvgIpc) is 3.13. The van der Waals surface area contributed by atoms with Crippen molar-refractivity contribution in [2.45, 2.75) is 39.2 Å². The zero-order valence-corrected chi connectivity index (χ0v) is 18.3. The highest BCUT2D eigenvalue weighted by atomic mass is 79.9. The minimum absolute atomic E-state index is 0.0232. The van der Waals surface area contributed by atoms with Crippen LogP contribution in [0.2, 0.25) is 0 Å². The fourth-order valence-electron chi connectivity index (χ4n) is 3.91. The Labute approximate surface area is 183 Å². The van der Waals surface area contributed by atoms with E-state index in [-0.39, 0.29) is 29.3 Å². The van der Waals surface area contributed by atoms with Crippen LogP contribution < -0.4 is 10.5 Å². The van der Waals surface area contributed by atoms with E-state index in [0.29, 0.717) is 41.4 Å². The molecule has 0 spiro atoms. The summed E-state index contributed by atoms with van der Waals surface area (Å²) < 4.78 is 18.4. The van der Waals surface area contributed by atoms with Crippen LogP contribution in [-0.2, 0) is 16.1 Å². The van der Waals surface area contributed by atoms with Gasteiger partial charge in [-0.1, -0.05) is 35.8 Å². The first-order valence-electron chi connectivity index (χ1n) is 9.58. The van der Waals surface area contributed by atoms with E-state index in [2.05, 4.69) is 22.0 Å². The van der Waals surface area contributed by atoms with Crippen molar-refractivity contribution in [1.82, 2.24) is 0 Å². The summed E-state index contributed by atoms with van der Waals surface area (Å²) >= 11 is 3.41. The first-order valence-corrected chi connectivity index (χ1v) is 10.4. The van der Waals surface area contributed by atoms with E-state index in [4.69, 9.17) is 19.6 Å². The molecule has 1 aromatic heterocycles. The number of nitriles is 1. The minimum atomic E-state index is -0.665. The Morgan fingerprint density at radius 1 is 1.30 bits per heavy atom. The maximum absolute atomic E-state index is 13.0. The SMILES string of the molecule is CC1(C)CC(=O)C2=C(C1)OC(N)=C(C#N)C2c1ccc(COc2cccc(Br)c2)o1. The second-order valence-corrected chi connectivity index (χ2v) is 9.17. The molecular weight excluding hydrogens is 448 g/mol. The second-order valence-electron chi connectivity index (χ2n) is 8.25. The summed E-state index contributed by atoms with van der Waals surface area (Å²) in [7, 11) is 0. The van der Waals surface area contributed by atoms with Gasteiger partial charge >= 0.3 is 0 Å². The first kappa shape index (κ1) is 20.3. The van der Waals surface area contributed by atoms with Gasteiger partial charge in [-0.05, 0) is 35.7 Å². The van der Waals surface area contributed by atoms with Crippen molar-refractivity contribution in [2.24, 2.45) is 11.1 Å². The van der Waals surface area contributed by atoms with E-state index >= 15 is 0 Å². The summed E-state index contributed by atoms with van der Waals surface area (Å²) in [5, 5.41) is 9.68. The minimum Gasteiger partial charge on any atom is -0.486 e. The molecule has 7 heteroatoms. The highest BCUT2D eigenvalue weighted by molar-refractivity contribution is 9.10. The maximum atomic E-state index is 13.0. The molecule has 1 aromatic carbocycles. The normalized spacial score (nSPS) is 20.5. The van der Waals surface area contributed by atoms with Gasteiger partial charge in [-0.15, -0.1) is 0 Å². The Balaban J connectivity index is 1.64. The summed E-state index contributed by atoms with van der Waals surface area (Å²) in [4.78, 5) is 13.0. The summed E-state index contributed by atoms with van der Waals surface area (Å²) in [5.74, 6) is 1.60. The topological polar surface area (TPSA) is 98.5 Å². The number of carbonyl (C=O) groups excluding carboxylic acids is 1. The molecule has 2 N–H and O–H groups in total. The number of carbonyl (C=O) groups is 1. The molecular formula is C23H21BrN2O4. The van der Waals surface area contributed by atoms with Gasteiger partial charge in [-0.25, -0.2) is 0 Å². The molecule has 1 aliphatic heterocycles. The smallest absolute Gasteiger partial charge is 0.205 e. The lowest BCUT2D eigenvalue weighted by molar-refractivity contribution is -0.119. The number of hydrogen-bond donors (Lipinski definition) is 1. The molecule has 0 bridgehead atoms. The van der Waals surface area contributed by atoms with E-state index in [1.54, 1.807) is 12.1 Å². The lowest BCUT2D eigenvalue weighted by atomic mass is 9.71. The number of ether oxygens (including phenoxy) is 2.